The predicted octanol–water partition coefficient (Wildman–Crippen LogP) is 3.82. The second-order valence-electron chi connectivity index (χ2n) is 6.30. The number of halogens is 1. The van der Waals surface area contributed by atoms with Crippen molar-refractivity contribution in [2.45, 2.75) is 32.4 Å². The molecular formula is C20H20FNO2. The smallest absolute Gasteiger partial charge is 0.128 e. The molecule has 0 saturated carbocycles. The van der Waals surface area contributed by atoms with Crippen molar-refractivity contribution in [1.82, 2.24) is 4.57 Å². The van der Waals surface area contributed by atoms with Gasteiger partial charge in [-0.1, -0.05) is 18.2 Å². The number of hydrogen-bond donors (Lipinski definition) is 1. The molecule has 0 amide bonds. The number of aromatic nitrogens is 1. The molecule has 0 saturated heterocycles. The minimum absolute atomic E-state index is 0.0823. The lowest BCUT2D eigenvalue weighted by atomic mass is 10.1. The Morgan fingerprint density at radius 3 is 2.79 bits per heavy atom. The van der Waals surface area contributed by atoms with Crippen LogP contribution in [0.5, 0.6) is 5.75 Å². The first kappa shape index (κ1) is 15.2. The summed E-state index contributed by atoms with van der Waals surface area (Å²) in [4.78, 5) is 0. The maximum atomic E-state index is 14.1. The van der Waals surface area contributed by atoms with Crippen molar-refractivity contribution >= 4 is 10.9 Å². The van der Waals surface area contributed by atoms with Crippen molar-refractivity contribution in [1.29, 1.82) is 0 Å². The third-order valence-electron chi connectivity index (χ3n) is 4.97. The van der Waals surface area contributed by atoms with E-state index >= 15 is 0 Å². The molecule has 4 rings (SSSR count). The van der Waals surface area contributed by atoms with Crippen LogP contribution in [-0.4, -0.2) is 16.8 Å². The van der Waals surface area contributed by atoms with E-state index in [1.54, 1.807) is 19.2 Å². The van der Waals surface area contributed by atoms with Crippen LogP contribution in [0.4, 0.5) is 4.39 Å². The van der Waals surface area contributed by atoms with Gasteiger partial charge in [0.2, 0.25) is 0 Å². The van der Waals surface area contributed by atoms with Gasteiger partial charge in [-0.05, 0) is 48.6 Å². The van der Waals surface area contributed by atoms with Gasteiger partial charge in [0.1, 0.15) is 11.6 Å². The van der Waals surface area contributed by atoms with Crippen molar-refractivity contribution in [2.75, 3.05) is 7.11 Å². The van der Waals surface area contributed by atoms with E-state index in [1.165, 1.54) is 17.2 Å². The summed E-state index contributed by atoms with van der Waals surface area (Å²) in [6.07, 6.45) is 3.18. The molecule has 1 heterocycles. The average molecular weight is 325 g/mol. The fraction of sp³-hybridized carbons (Fsp3) is 0.300. The molecule has 24 heavy (non-hydrogen) atoms. The summed E-state index contributed by atoms with van der Waals surface area (Å²) >= 11 is 0. The van der Waals surface area contributed by atoms with Gasteiger partial charge < -0.3 is 14.4 Å². The van der Waals surface area contributed by atoms with Crippen molar-refractivity contribution < 1.29 is 14.2 Å². The summed E-state index contributed by atoms with van der Waals surface area (Å²) in [5.74, 6) is 0.607. The zero-order valence-corrected chi connectivity index (χ0v) is 13.7. The number of rotatable bonds is 4. The van der Waals surface area contributed by atoms with Crippen LogP contribution in [-0.2, 0) is 26.0 Å². The van der Waals surface area contributed by atoms with E-state index in [4.69, 9.17) is 4.74 Å². The number of aliphatic hydroxyl groups excluding tert-OH is 1. The fourth-order valence-electron chi connectivity index (χ4n) is 3.83. The van der Waals surface area contributed by atoms with Crippen LogP contribution in [0.3, 0.4) is 0 Å². The van der Waals surface area contributed by atoms with Crippen molar-refractivity contribution in [2.24, 2.45) is 0 Å². The average Bonchev–Trinajstić information content (AvgIpc) is 3.20. The van der Waals surface area contributed by atoms with E-state index in [-0.39, 0.29) is 12.4 Å². The van der Waals surface area contributed by atoms with Crippen LogP contribution in [0.15, 0.2) is 36.4 Å². The zero-order chi connectivity index (χ0) is 16.7. The Hall–Kier alpha value is -2.33. The standard InChI is InChI=1S/C20H20FNO2/c1-24-19-9-13-6-4-7-16(13)20-17(19)10-15(12-23)22(20)11-14-5-2-3-8-18(14)21/h2-3,5,8-10,23H,4,6-7,11-12H2,1H3. The molecule has 4 heteroatoms. The van der Waals surface area contributed by atoms with Crippen LogP contribution in [0.1, 0.15) is 28.8 Å². The largest absolute Gasteiger partial charge is 0.496 e. The Morgan fingerprint density at radius 1 is 1.21 bits per heavy atom. The van der Waals surface area contributed by atoms with E-state index in [0.29, 0.717) is 12.1 Å². The second kappa shape index (κ2) is 5.95. The van der Waals surface area contributed by atoms with Gasteiger partial charge in [0.25, 0.3) is 0 Å². The maximum absolute atomic E-state index is 14.1. The number of ether oxygens (including phenoxy) is 1. The van der Waals surface area contributed by atoms with Gasteiger partial charge >= 0.3 is 0 Å². The molecule has 0 aliphatic heterocycles. The molecule has 3 nitrogen and oxygen atoms in total. The van der Waals surface area contributed by atoms with Crippen molar-refractivity contribution in [3.63, 3.8) is 0 Å². The number of hydrogen-bond acceptors (Lipinski definition) is 2. The van der Waals surface area contributed by atoms with E-state index in [0.717, 1.165) is 41.6 Å². The van der Waals surface area contributed by atoms with Crippen LogP contribution in [0, 0.1) is 5.82 Å². The monoisotopic (exact) mass is 325 g/mol. The molecule has 1 aromatic heterocycles. The normalized spacial score (nSPS) is 13.5. The first-order chi connectivity index (χ1) is 11.7. The topological polar surface area (TPSA) is 34.4 Å². The van der Waals surface area contributed by atoms with Crippen LogP contribution >= 0.6 is 0 Å². The lowest BCUT2D eigenvalue weighted by Gasteiger charge is -2.14. The molecule has 2 aromatic carbocycles. The van der Waals surface area contributed by atoms with Crippen molar-refractivity contribution in [3.8, 4) is 5.75 Å². The van der Waals surface area contributed by atoms with Gasteiger partial charge in [-0.3, -0.25) is 0 Å². The molecule has 1 aliphatic carbocycles. The Morgan fingerprint density at radius 2 is 2.04 bits per heavy atom. The van der Waals surface area contributed by atoms with Crippen LogP contribution in [0.2, 0.25) is 0 Å². The first-order valence-electron chi connectivity index (χ1n) is 8.28. The highest BCUT2D eigenvalue weighted by Crippen LogP contribution is 2.38. The van der Waals surface area contributed by atoms with E-state index in [2.05, 4.69) is 6.07 Å². The summed E-state index contributed by atoms with van der Waals surface area (Å²) in [6, 6.07) is 10.9. The lowest BCUT2D eigenvalue weighted by molar-refractivity contribution is 0.272. The van der Waals surface area contributed by atoms with Gasteiger partial charge in [0.15, 0.2) is 0 Å². The Labute approximate surface area is 140 Å². The maximum Gasteiger partial charge on any atom is 0.128 e. The van der Waals surface area contributed by atoms with Gasteiger partial charge in [-0.25, -0.2) is 4.39 Å². The summed E-state index contributed by atoms with van der Waals surface area (Å²) in [7, 11) is 1.67. The van der Waals surface area contributed by atoms with E-state index < -0.39 is 0 Å². The molecule has 0 spiro atoms. The number of benzene rings is 2. The van der Waals surface area contributed by atoms with Gasteiger partial charge in [-0.2, -0.15) is 0 Å². The molecule has 0 atom stereocenters. The summed E-state index contributed by atoms with van der Waals surface area (Å²) in [6.45, 7) is 0.326. The van der Waals surface area contributed by atoms with Gasteiger partial charge in [0, 0.05) is 16.6 Å². The number of fused-ring (bicyclic) bond motifs is 3. The number of aryl methyl sites for hydroxylation is 2. The van der Waals surface area contributed by atoms with Gasteiger partial charge in [-0.15, -0.1) is 0 Å². The highest BCUT2D eigenvalue weighted by atomic mass is 19.1. The fourth-order valence-corrected chi connectivity index (χ4v) is 3.83. The molecule has 0 unspecified atom stereocenters. The number of nitrogens with zero attached hydrogens (tertiary/aromatic N) is 1. The molecular weight excluding hydrogens is 305 g/mol. The molecule has 1 aliphatic rings. The highest BCUT2D eigenvalue weighted by molar-refractivity contribution is 5.92. The molecule has 3 aromatic rings. The van der Waals surface area contributed by atoms with Gasteiger partial charge in [0.05, 0.1) is 25.8 Å². The highest BCUT2D eigenvalue weighted by Gasteiger charge is 2.22. The number of methoxy groups -OCH3 is 1. The third-order valence-corrected chi connectivity index (χ3v) is 4.97. The van der Waals surface area contributed by atoms with Crippen LogP contribution < -0.4 is 4.74 Å². The quantitative estimate of drug-likeness (QED) is 0.791. The Balaban J connectivity index is 1.97. The lowest BCUT2D eigenvalue weighted by Crippen LogP contribution is -2.07. The first-order valence-corrected chi connectivity index (χ1v) is 8.28. The minimum Gasteiger partial charge on any atom is -0.496 e. The predicted molar refractivity (Wildman–Crippen MR) is 91.9 cm³/mol. The van der Waals surface area contributed by atoms with E-state index in [9.17, 15) is 9.50 Å². The van der Waals surface area contributed by atoms with Crippen molar-refractivity contribution in [3.05, 3.63) is 64.6 Å². The summed E-state index contributed by atoms with van der Waals surface area (Å²) in [5.41, 5.74) is 5.10. The SMILES string of the molecule is COc1cc2c(c3c1cc(CO)n3Cc1ccccc1F)CCC2. The minimum atomic E-state index is -0.220. The summed E-state index contributed by atoms with van der Waals surface area (Å²) < 4.78 is 21.7. The van der Waals surface area contributed by atoms with Crippen LogP contribution in [0.25, 0.3) is 10.9 Å². The molecule has 1 N–H and O–H groups in total. The Kier molecular flexibility index (Phi) is 3.77. The zero-order valence-electron chi connectivity index (χ0n) is 13.7. The second-order valence-corrected chi connectivity index (χ2v) is 6.30. The Bertz CT molecular complexity index is 914. The summed E-state index contributed by atoms with van der Waals surface area (Å²) in [5, 5.41) is 10.8. The van der Waals surface area contributed by atoms with E-state index in [1.807, 2.05) is 16.7 Å². The third kappa shape index (κ3) is 2.29. The molecule has 0 radical (unpaired) electrons. The molecule has 0 fully saturated rings. The molecule has 0 bridgehead atoms. The molecule has 124 valence electrons. The number of aliphatic hydroxyl groups is 1.